The second-order valence-corrected chi connectivity index (χ2v) is 8.88. The molecule has 1 N–H and O–H groups in total. The third kappa shape index (κ3) is 2.80. The van der Waals surface area contributed by atoms with Crippen molar-refractivity contribution < 1.29 is 4.79 Å². The molecule has 1 amide bonds. The van der Waals surface area contributed by atoms with E-state index in [1.807, 2.05) is 16.3 Å². The van der Waals surface area contributed by atoms with E-state index in [0.29, 0.717) is 29.0 Å². The zero-order valence-corrected chi connectivity index (χ0v) is 15.1. The van der Waals surface area contributed by atoms with Gasteiger partial charge in [0.25, 0.3) is 5.56 Å². The molecule has 2 unspecified atom stereocenters. The maximum atomic E-state index is 13.2. The predicted molar refractivity (Wildman–Crippen MR) is 97.4 cm³/mol. The average Bonchev–Trinajstić information content (AvgIpc) is 2.98. The molecular weight excluding hydrogens is 334 g/mol. The van der Waals surface area contributed by atoms with Gasteiger partial charge in [0.2, 0.25) is 5.91 Å². The number of fused-ring (bicyclic) bond motifs is 2. The van der Waals surface area contributed by atoms with Crippen molar-refractivity contribution >= 4 is 27.5 Å². The van der Waals surface area contributed by atoms with Gasteiger partial charge in [-0.05, 0) is 49.0 Å². The summed E-state index contributed by atoms with van der Waals surface area (Å²) in [6, 6.07) is 2.22. The van der Waals surface area contributed by atoms with Gasteiger partial charge in [-0.2, -0.15) is 0 Å². The van der Waals surface area contributed by atoms with Crippen LogP contribution in [0.3, 0.4) is 0 Å². The highest BCUT2D eigenvalue weighted by Crippen LogP contribution is 2.47. The molecule has 6 heteroatoms. The molecule has 2 atom stereocenters. The zero-order valence-electron chi connectivity index (χ0n) is 14.2. The Morgan fingerprint density at radius 1 is 1.24 bits per heavy atom. The lowest BCUT2D eigenvalue weighted by atomic mass is 10.0. The van der Waals surface area contributed by atoms with Crippen molar-refractivity contribution in [3.63, 3.8) is 0 Å². The Bertz CT molecular complexity index is 857. The highest BCUT2D eigenvalue weighted by molar-refractivity contribution is 7.17. The highest BCUT2D eigenvalue weighted by Gasteiger charge is 2.44. The number of H-pyrrole nitrogens is 1. The Kier molecular flexibility index (Phi) is 3.69. The fraction of sp³-hybridized carbons (Fsp3) is 0.632. The minimum absolute atomic E-state index is 0.0893. The van der Waals surface area contributed by atoms with Crippen LogP contribution in [0.15, 0.2) is 16.2 Å². The van der Waals surface area contributed by atoms with E-state index in [9.17, 15) is 9.59 Å². The highest BCUT2D eigenvalue weighted by atomic mass is 32.1. The van der Waals surface area contributed by atoms with Gasteiger partial charge in [-0.25, -0.2) is 4.98 Å². The van der Waals surface area contributed by atoms with Crippen LogP contribution in [0.25, 0.3) is 10.2 Å². The Hall–Kier alpha value is -1.69. The number of carbonyl (C=O) groups excluding carboxylic acids is 1. The summed E-state index contributed by atoms with van der Waals surface area (Å²) in [5, 5.41) is 1.89. The summed E-state index contributed by atoms with van der Waals surface area (Å²) in [5.74, 6) is 2.65. The summed E-state index contributed by atoms with van der Waals surface area (Å²) in [6.45, 7) is 0.441. The maximum absolute atomic E-state index is 13.2. The van der Waals surface area contributed by atoms with Crippen LogP contribution in [0.5, 0.6) is 0 Å². The number of rotatable bonds is 4. The number of nitrogens with one attached hydrogen (secondary N) is 1. The number of hydrogen-bond donors (Lipinski definition) is 1. The molecule has 3 saturated carbocycles. The lowest BCUT2D eigenvalue weighted by Gasteiger charge is -2.25. The van der Waals surface area contributed by atoms with Gasteiger partial charge in [-0.15, -0.1) is 11.3 Å². The van der Waals surface area contributed by atoms with Gasteiger partial charge in [0.05, 0.1) is 12.1 Å². The van der Waals surface area contributed by atoms with Crippen LogP contribution in [0, 0.1) is 17.8 Å². The standard InChI is InChI=1S/C19H23N3O2S/c23-18-17-15(6-7-25-17)20-16(21-18)10-22(14-4-5-14)19(24)13-8-11-2-1-3-12(11)9-13/h6-7,11-14H,1-5,8-10H2,(H,20,21,23). The van der Waals surface area contributed by atoms with Crippen molar-refractivity contribution in [1.82, 2.24) is 14.9 Å². The van der Waals surface area contributed by atoms with Gasteiger partial charge in [0.1, 0.15) is 10.5 Å². The van der Waals surface area contributed by atoms with E-state index >= 15 is 0 Å². The number of nitrogens with zero attached hydrogens (tertiary/aromatic N) is 2. The molecule has 5 nitrogen and oxygen atoms in total. The summed E-state index contributed by atoms with van der Waals surface area (Å²) in [4.78, 5) is 34.8. The Morgan fingerprint density at radius 2 is 2.00 bits per heavy atom. The molecule has 0 radical (unpaired) electrons. The Labute approximate surface area is 150 Å². The van der Waals surface area contributed by atoms with E-state index in [1.54, 1.807) is 0 Å². The third-order valence-electron chi connectivity index (χ3n) is 6.30. The van der Waals surface area contributed by atoms with Crippen LogP contribution in [0.1, 0.15) is 50.8 Å². The first kappa shape index (κ1) is 15.6. The van der Waals surface area contributed by atoms with Crippen LogP contribution in [-0.2, 0) is 11.3 Å². The van der Waals surface area contributed by atoms with E-state index in [1.165, 1.54) is 30.6 Å². The molecule has 0 saturated heterocycles. The number of thiophene rings is 1. The molecule has 2 aromatic heterocycles. The predicted octanol–water partition coefficient (Wildman–Crippen LogP) is 3.30. The Morgan fingerprint density at radius 3 is 2.72 bits per heavy atom. The quantitative estimate of drug-likeness (QED) is 0.913. The molecular formula is C19H23N3O2S. The largest absolute Gasteiger partial charge is 0.332 e. The molecule has 3 aliphatic carbocycles. The summed E-state index contributed by atoms with van der Waals surface area (Å²) >= 11 is 1.41. The summed E-state index contributed by atoms with van der Waals surface area (Å²) < 4.78 is 0.664. The van der Waals surface area contributed by atoms with Gasteiger partial charge in [-0.3, -0.25) is 9.59 Å². The molecule has 25 heavy (non-hydrogen) atoms. The third-order valence-corrected chi connectivity index (χ3v) is 7.20. The maximum Gasteiger partial charge on any atom is 0.268 e. The van der Waals surface area contributed by atoms with Gasteiger partial charge in [0, 0.05) is 12.0 Å². The van der Waals surface area contributed by atoms with E-state index in [4.69, 9.17) is 0 Å². The minimum Gasteiger partial charge on any atom is -0.332 e. The van der Waals surface area contributed by atoms with Crippen LogP contribution >= 0.6 is 11.3 Å². The molecule has 132 valence electrons. The second kappa shape index (κ2) is 5.94. The van der Waals surface area contributed by atoms with E-state index < -0.39 is 0 Å². The topological polar surface area (TPSA) is 66.1 Å². The first-order valence-electron chi connectivity index (χ1n) is 9.46. The molecule has 5 rings (SSSR count). The summed E-state index contributed by atoms with van der Waals surface area (Å²) in [6.07, 6.45) is 8.25. The minimum atomic E-state index is -0.0893. The lowest BCUT2D eigenvalue weighted by Crippen LogP contribution is -2.37. The zero-order chi connectivity index (χ0) is 17.0. The molecule has 2 heterocycles. The molecule has 3 fully saturated rings. The normalized spacial score (nSPS) is 28.4. The first-order chi connectivity index (χ1) is 12.2. The SMILES string of the molecule is O=C(C1CC2CCCC2C1)N(Cc1nc2ccsc2c(=O)[nH]1)C1CC1. The lowest BCUT2D eigenvalue weighted by molar-refractivity contribution is -0.137. The van der Waals surface area contributed by atoms with Crippen molar-refractivity contribution in [2.24, 2.45) is 17.8 Å². The monoisotopic (exact) mass is 357 g/mol. The van der Waals surface area contributed by atoms with Crippen molar-refractivity contribution in [2.45, 2.75) is 57.5 Å². The van der Waals surface area contributed by atoms with Crippen molar-refractivity contribution in [3.8, 4) is 0 Å². The van der Waals surface area contributed by atoms with Gasteiger partial charge in [-0.1, -0.05) is 19.3 Å². The fourth-order valence-corrected chi connectivity index (χ4v) is 5.65. The van der Waals surface area contributed by atoms with Crippen molar-refractivity contribution in [1.29, 1.82) is 0 Å². The molecule has 2 aromatic rings. The average molecular weight is 357 g/mol. The van der Waals surface area contributed by atoms with Crippen molar-refractivity contribution in [3.05, 3.63) is 27.6 Å². The summed E-state index contributed by atoms with van der Waals surface area (Å²) in [7, 11) is 0. The molecule has 0 spiro atoms. The van der Waals surface area contributed by atoms with Crippen LogP contribution in [0.2, 0.25) is 0 Å². The van der Waals surface area contributed by atoms with Gasteiger partial charge >= 0.3 is 0 Å². The Balaban J connectivity index is 1.37. The number of aromatic nitrogens is 2. The molecule has 0 aliphatic heterocycles. The number of aromatic amines is 1. The van der Waals surface area contributed by atoms with Crippen LogP contribution in [-0.4, -0.2) is 26.8 Å². The fourth-order valence-electron chi connectivity index (χ4n) is 4.93. The summed E-state index contributed by atoms with van der Waals surface area (Å²) in [5.41, 5.74) is 0.649. The number of amides is 1. The number of carbonyl (C=O) groups is 1. The van der Waals surface area contributed by atoms with E-state index in [2.05, 4.69) is 9.97 Å². The van der Waals surface area contributed by atoms with Crippen LogP contribution < -0.4 is 5.56 Å². The molecule has 3 aliphatic rings. The van der Waals surface area contributed by atoms with Crippen molar-refractivity contribution in [2.75, 3.05) is 0 Å². The molecule has 0 bridgehead atoms. The van der Waals surface area contributed by atoms with Gasteiger partial charge in [0.15, 0.2) is 0 Å². The second-order valence-electron chi connectivity index (χ2n) is 7.96. The first-order valence-corrected chi connectivity index (χ1v) is 10.3. The van der Waals surface area contributed by atoms with Crippen LogP contribution in [0.4, 0.5) is 0 Å². The van der Waals surface area contributed by atoms with E-state index in [-0.39, 0.29) is 11.5 Å². The smallest absolute Gasteiger partial charge is 0.268 e. The van der Waals surface area contributed by atoms with E-state index in [0.717, 1.165) is 43.0 Å². The van der Waals surface area contributed by atoms with Gasteiger partial charge < -0.3 is 9.88 Å². The number of hydrogen-bond acceptors (Lipinski definition) is 4. The molecule has 0 aromatic carbocycles.